The summed E-state index contributed by atoms with van der Waals surface area (Å²) >= 11 is 0. The highest BCUT2D eigenvalue weighted by Crippen LogP contribution is 1.98. The van der Waals surface area contributed by atoms with Gasteiger partial charge in [0.1, 0.15) is 0 Å². The summed E-state index contributed by atoms with van der Waals surface area (Å²) in [5.74, 6) is -0.936. The molecule has 0 aliphatic rings. The Hall–Kier alpha value is -0.600. The maximum absolute atomic E-state index is 11.8. The number of carbonyl (C=O) groups is 1. The van der Waals surface area contributed by atoms with Gasteiger partial charge in [0.2, 0.25) is 0 Å². The van der Waals surface area contributed by atoms with Gasteiger partial charge in [-0.1, -0.05) is 0 Å². The Balaban J connectivity index is 3.05. The van der Waals surface area contributed by atoms with E-state index < -0.39 is 12.1 Å². The van der Waals surface area contributed by atoms with Gasteiger partial charge in [-0.3, -0.25) is 4.79 Å². The molecule has 0 heterocycles. The molecule has 1 atom stereocenters. The average Bonchev–Trinajstić information content (AvgIpc) is 1.61. The molecule has 0 aromatic rings. The standard InChI is InChI=1S/C5H9FO2/c1-4(6)2-3-5(7)8/h4H,2-3H2,1H3,(H,7,8)/t4-/m0/s1. The van der Waals surface area contributed by atoms with Gasteiger partial charge in [0.25, 0.3) is 0 Å². The van der Waals surface area contributed by atoms with Crippen molar-refractivity contribution in [3.8, 4) is 0 Å². The lowest BCUT2D eigenvalue weighted by Gasteiger charge is -1.94. The van der Waals surface area contributed by atoms with Crippen molar-refractivity contribution < 1.29 is 14.3 Å². The number of halogens is 1. The van der Waals surface area contributed by atoms with Crippen LogP contribution >= 0.6 is 0 Å². The van der Waals surface area contributed by atoms with Crippen molar-refractivity contribution in [2.24, 2.45) is 0 Å². The van der Waals surface area contributed by atoms with Crippen molar-refractivity contribution in [2.75, 3.05) is 0 Å². The second kappa shape index (κ2) is 3.41. The second-order valence-corrected chi connectivity index (χ2v) is 1.71. The molecule has 2 nitrogen and oxygen atoms in total. The van der Waals surface area contributed by atoms with E-state index in [0.717, 1.165) is 0 Å². The molecule has 48 valence electrons. The van der Waals surface area contributed by atoms with Crippen LogP contribution in [0.2, 0.25) is 0 Å². The first kappa shape index (κ1) is 7.40. The summed E-state index contributed by atoms with van der Waals surface area (Å²) in [6.45, 7) is 1.35. The van der Waals surface area contributed by atoms with E-state index in [0.29, 0.717) is 0 Å². The smallest absolute Gasteiger partial charge is 0.303 e. The number of hydrogen-bond donors (Lipinski definition) is 1. The maximum Gasteiger partial charge on any atom is 0.303 e. The minimum atomic E-state index is -0.994. The summed E-state index contributed by atoms with van der Waals surface area (Å²) < 4.78 is 11.8. The fourth-order valence-electron chi connectivity index (χ4n) is 0.322. The van der Waals surface area contributed by atoms with E-state index in [1.54, 1.807) is 0 Å². The minimum absolute atomic E-state index is 0.0718. The Morgan fingerprint density at radius 1 is 1.88 bits per heavy atom. The number of rotatable bonds is 3. The first-order valence-electron chi connectivity index (χ1n) is 2.49. The molecule has 0 aromatic carbocycles. The van der Waals surface area contributed by atoms with Gasteiger partial charge in [-0.25, -0.2) is 4.39 Å². The van der Waals surface area contributed by atoms with E-state index in [2.05, 4.69) is 0 Å². The van der Waals surface area contributed by atoms with Crippen LogP contribution in [-0.2, 0) is 4.79 Å². The van der Waals surface area contributed by atoms with Crippen LogP contribution in [0.4, 0.5) is 4.39 Å². The molecular weight excluding hydrogens is 111 g/mol. The van der Waals surface area contributed by atoms with E-state index in [4.69, 9.17) is 5.11 Å². The molecule has 0 amide bonds. The summed E-state index contributed by atoms with van der Waals surface area (Å²) in [5.41, 5.74) is 0. The van der Waals surface area contributed by atoms with Crippen LogP contribution in [0.5, 0.6) is 0 Å². The van der Waals surface area contributed by atoms with Crippen molar-refractivity contribution in [2.45, 2.75) is 25.9 Å². The molecule has 1 N–H and O–H groups in total. The Kier molecular flexibility index (Phi) is 3.15. The molecule has 8 heavy (non-hydrogen) atoms. The molecule has 0 rings (SSSR count). The van der Waals surface area contributed by atoms with Gasteiger partial charge in [0.15, 0.2) is 0 Å². The van der Waals surface area contributed by atoms with Gasteiger partial charge in [-0.2, -0.15) is 0 Å². The number of aliphatic carboxylic acids is 1. The Morgan fingerprint density at radius 3 is 2.50 bits per heavy atom. The topological polar surface area (TPSA) is 37.3 Å². The van der Waals surface area contributed by atoms with Gasteiger partial charge in [0, 0.05) is 6.42 Å². The first-order chi connectivity index (χ1) is 3.63. The van der Waals surface area contributed by atoms with Gasteiger partial charge >= 0.3 is 5.97 Å². The van der Waals surface area contributed by atoms with E-state index in [1.165, 1.54) is 6.92 Å². The van der Waals surface area contributed by atoms with Crippen LogP contribution in [0, 0.1) is 0 Å². The molecule has 0 saturated carbocycles. The van der Waals surface area contributed by atoms with Crippen LogP contribution in [0.15, 0.2) is 0 Å². The molecule has 0 radical (unpaired) electrons. The van der Waals surface area contributed by atoms with Gasteiger partial charge in [-0.15, -0.1) is 0 Å². The average molecular weight is 120 g/mol. The quantitative estimate of drug-likeness (QED) is 0.607. The number of hydrogen-bond acceptors (Lipinski definition) is 1. The highest BCUT2D eigenvalue weighted by Gasteiger charge is 2.00. The predicted octanol–water partition coefficient (Wildman–Crippen LogP) is 1.21. The van der Waals surface area contributed by atoms with E-state index in [-0.39, 0.29) is 12.8 Å². The SMILES string of the molecule is C[C@H](F)CCC(=O)O. The third-order valence-electron chi connectivity index (χ3n) is 0.756. The lowest BCUT2D eigenvalue weighted by molar-refractivity contribution is -0.137. The molecule has 0 aromatic heterocycles. The fourth-order valence-corrected chi connectivity index (χ4v) is 0.322. The molecule has 0 aliphatic heterocycles. The van der Waals surface area contributed by atoms with Crippen molar-refractivity contribution in [3.63, 3.8) is 0 Å². The van der Waals surface area contributed by atoms with Crippen LogP contribution in [0.25, 0.3) is 0 Å². The molecular formula is C5H9FO2. The summed E-state index contributed by atoms with van der Waals surface area (Å²) in [5, 5.41) is 8.00. The van der Waals surface area contributed by atoms with Crippen LogP contribution in [-0.4, -0.2) is 17.2 Å². The summed E-state index contributed by atoms with van der Waals surface area (Å²) in [7, 11) is 0. The summed E-state index contributed by atoms with van der Waals surface area (Å²) in [4.78, 5) is 9.74. The van der Waals surface area contributed by atoms with E-state index in [1.807, 2.05) is 0 Å². The Labute approximate surface area is 47.3 Å². The van der Waals surface area contributed by atoms with Crippen molar-refractivity contribution in [3.05, 3.63) is 0 Å². The summed E-state index contributed by atoms with van der Waals surface area (Å²) in [6.07, 6.45) is -0.946. The van der Waals surface area contributed by atoms with Gasteiger partial charge in [0.05, 0.1) is 6.17 Å². The maximum atomic E-state index is 11.8. The van der Waals surface area contributed by atoms with Crippen molar-refractivity contribution >= 4 is 5.97 Å². The lowest BCUT2D eigenvalue weighted by Crippen LogP contribution is -1.99. The van der Waals surface area contributed by atoms with Crippen molar-refractivity contribution in [1.29, 1.82) is 0 Å². The molecule has 3 heteroatoms. The fraction of sp³-hybridized carbons (Fsp3) is 0.800. The Bertz CT molecular complexity index is 80.5. The first-order valence-corrected chi connectivity index (χ1v) is 2.49. The lowest BCUT2D eigenvalue weighted by atomic mass is 10.2. The van der Waals surface area contributed by atoms with E-state index >= 15 is 0 Å². The molecule has 0 aliphatic carbocycles. The molecule has 0 unspecified atom stereocenters. The molecule has 0 bridgehead atoms. The zero-order valence-electron chi connectivity index (χ0n) is 4.72. The van der Waals surface area contributed by atoms with Crippen LogP contribution in [0.3, 0.4) is 0 Å². The van der Waals surface area contributed by atoms with Gasteiger partial charge in [-0.05, 0) is 13.3 Å². The normalized spacial score (nSPS) is 13.2. The second-order valence-electron chi connectivity index (χ2n) is 1.71. The monoisotopic (exact) mass is 120 g/mol. The predicted molar refractivity (Wildman–Crippen MR) is 27.4 cm³/mol. The van der Waals surface area contributed by atoms with E-state index in [9.17, 15) is 9.18 Å². The largest absolute Gasteiger partial charge is 0.481 e. The minimum Gasteiger partial charge on any atom is -0.481 e. The van der Waals surface area contributed by atoms with Crippen molar-refractivity contribution in [1.82, 2.24) is 0 Å². The molecule has 0 spiro atoms. The zero-order valence-corrected chi connectivity index (χ0v) is 4.72. The number of alkyl halides is 1. The highest BCUT2D eigenvalue weighted by molar-refractivity contribution is 5.66. The van der Waals surface area contributed by atoms with Crippen LogP contribution < -0.4 is 0 Å². The highest BCUT2D eigenvalue weighted by atomic mass is 19.1. The van der Waals surface area contributed by atoms with Gasteiger partial charge < -0.3 is 5.11 Å². The number of carboxylic acids is 1. The zero-order chi connectivity index (χ0) is 6.57. The number of carboxylic acid groups (broad SMARTS) is 1. The molecule has 0 saturated heterocycles. The third kappa shape index (κ3) is 5.40. The Morgan fingerprint density at radius 2 is 2.38 bits per heavy atom. The molecule has 0 fully saturated rings. The third-order valence-corrected chi connectivity index (χ3v) is 0.756. The summed E-state index contributed by atoms with van der Waals surface area (Å²) in [6, 6.07) is 0. The van der Waals surface area contributed by atoms with Crippen LogP contribution in [0.1, 0.15) is 19.8 Å².